The molecule has 2 fully saturated rings. The maximum Gasteiger partial charge on any atom is 0.328 e. The largest absolute Gasteiger partial charge is 0.478 e. The number of rotatable bonds is 9. The molecule has 0 aliphatic carbocycles. The molecule has 5 aromatic rings. The van der Waals surface area contributed by atoms with E-state index in [0.29, 0.717) is 49.4 Å². The predicted octanol–water partition coefficient (Wildman–Crippen LogP) is 9.44. The lowest BCUT2D eigenvalue weighted by Crippen LogP contribution is -2.36. The summed E-state index contributed by atoms with van der Waals surface area (Å²) in [6.45, 7) is 5.82. The molecule has 0 amide bonds. The van der Waals surface area contributed by atoms with Gasteiger partial charge in [0.05, 0.1) is 46.6 Å². The molecule has 54 heavy (non-hydrogen) atoms. The third-order valence-corrected chi connectivity index (χ3v) is 9.61. The molecular weight excluding hydrogens is 805 g/mol. The van der Waals surface area contributed by atoms with Crippen LogP contribution >= 0.6 is 39.1 Å². The van der Waals surface area contributed by atoms with E-state index in [1.807, 2.05) is 36.4 Å². The van der Waals surface area contributed by atoms with Gasteiger partial charge < -0.3 is 35.0 Å². The Balaban J connectivity index is 0.000000197. The van der Waals surface area contributed by atoms with Gasteiger partial charge in [-0.15, -0.1) is 0 Å². The summed E-state index contributed by atoms with van der Waals surface area (Å²) < 4.78 is 38.5. The number of nitrogens with one attached hydrogen (secondary N) is 2. The maximum atomic E-state index is 13.5. The smallest absolute Gasteiger partial charge is 0.328 e. The fourth-order valence-electron chi connectivity index (χ4n) is 5.77. The van der Waals surface area contributed by atoms with Gasteiger partial charge in [0.15, 0.2) is 0 Å². The molecule has 2 saturated heterocycles. The number of benzene rings is 3. The Morgan fingerprint density at radius 3 is 1.85 bits per heavy atom. The number of hydrogen-bond donors (Lipinski definition) is 3. The summed E-state index contributed by atoms with van der Waals surface area (Å²) in [6, 6.07) is 20.4. The van der Waals surface area contributed by atoms with Crippen LogP contribution in [0.1, 0.15) is 5.56 Å². The summed E-state index contributed by atoms with van der Waals surface area (Å²) in [7, 11) is 0. The topological polar surface area (TPSA) is 112 Å². The van der Waals surface area contributed by atoms with Crippen molar-refractivity contribution < 1.29 is 28.2 Å². The molecule has 0 unspecified atom stereocenters. The van der Waals surface area contributed by atoms with Gasteiger partial charge >= 0.3 is 5.97 Å². The number of nitrogens with zero attached hydrogens (tertiary/aromatic N) is 4. The molecule has 0 bridgehead atoms. The third-order valence-electron chi connectivity index (χ3n) is 8.42. The molecule has 2 aliphatic heterocycles. The molecule has 280 valence electrons. The van der Waals surface area contributed by atoms with Crippen LogP contribution in [0.2, 0.25) is 10.0 Å². The molecule has 2 aromatic heterocycles. The van der Waals surface area contributed by atoms with Gasteiger partial charge in [0.1, 0.15) is 23.3 Å². The second kappa shape index (κ2) is 18.5. The summed E-state index contributed by atoms with van der Waals surface area (Å²) >= 11 is 15.2. The van der Waals surface area contributed by atoms with E-state index in [9.17, 15) is 13.6 Å². The highest BCUT2D eigenvalue weighted by atomic mass is 79.9. The molecule has 0 radical (unpaired) electrons. The van der Waals surface area contributed by atoms with Crippen LogP contribution in [0.15, 0.2) is 95.7 Å². The number of ether oxygens (including phenoxy) is 2. The van der Waals surface area contributed by atoms with Crippen molar-refractivity contribution in [3.8, 4) is 11.1 Å². The zero-order chi connectivity index (χ0) is 38.0. The number of morpholine rings is 2. The first-order valence-electron chi connectivity index (χ1n) is 16.9. The zero-order valence-electron chi connectivity index (χ0n) is 28.7. The lowest BCUT2D eigenvalue weighted by molar-refractivity contribution is -0.131. The Labute approximate surface area is 329 Å². The van der Waals surface area contributed by atoms with Crippen molar-refractivity contribution >= 4 is 85.6 Å². The number of aliphatic carboxylic acids is 1. The second-order valence-electron chi connectivity index (χ2n) is 12.1. The fourth-order valence-corrected chi connectivity index (χ4v) is 6.59. The first-order chi connectivity index (χ1) is 26.1. The van der Waals surface area contributed by atoms with Crippen molar-refractivity contribution in [3.63, 3.8) is 0 Å². The molecular formula is C39H35BrCl2F2N6O4. The van der Waals surface area contributed by atoms with Gasteiger partial charge in [-0.3, -0.25) is 0 Å². The number of aromatic nitrogens is 2. The van der Waals surface area contributed by atoms with Gasteiger partial charge in [-0.2, -0.15) is 0 Å². The summed E-state index contributed by atoms with van der Waals surface area (Å²) in [5, 5.41) is 15.3. The van der Waals surface area contributed by atoms with Crippen molar-refractivity contribution in [2.45, 2.75) is 0 Å². The van der Waals surface area contributed by atoms with E-state index >= 15 is 0 Å². The quantitative estimate of drug-likeness (QED) is 0.124. The van der Waals surface area contributed by atoms with Crippen LogP contribution in [0.25, 0.3) is 17.2 Å². The van der Waals surface area contributed by atoms with Crippen LogP contribution in [0, 0.1) is 11.6 Å². The van der Waals surface area contributed by atoms with Crippen LogP contribution in [0.4, 0.5) is 43.2 Å². The minimum absolute atomic E-state index is 0.0336. The average Bonchev–Trinajstić information content (AvgIpc) is 3.19. The van der Waals surface area contributed by atoms with Gasteiger partial charge in [0.25, 0.3) is 0 Å². The Morgan fingerprint density at radius 1 is 0.759 bits per heavy atom. The summed E-state index contributed by atoms with van der Waals surface area (Å²) in [5.74, 6) is -0.647. The molecule has 10 nitrogen and oxygen atoms in total. The molecule has 15 heteroatoms. The van der Waals surface area contributed by atoms with E-state index in [2.05, 4.69) is 46.3 Å². The Bertz CT molecular complexity index is 2130. The number of pyridine rings is 2. The van der Waals surface area contributed by atoms with Gasteiger partial charge in [-0.05, 0) is 75.6 Å². The van der Waals surface area contributed by atoms with Gasteiger partial charge in [0, 0.05) is 79.4 Å². The summed E-state index contributed by atoms with van der Waals surface area (Å²) in [4.78, 5) is 24.2. The SMILES string of the molecule is Fc1ccc(Nc2cc(N3CCOCC3)c(Br)cn2)cc1Cl.O=C(O)/C=C/c1cccc(-c2cnc(Nc3ccc(F)c(Cl)c3)cc2N2CCOCC2)c1. The number of carbonyl (C=O) groups is 1. The fraction of sp³-hybridized carbons (Fsp3) is 0.205. The molecule has 2 aliphatic rings. The number of halogens is 5. The van der Waals surface area contributed by atoms with E-state index in [4.69, 9.17) is 37.8 Å². The van der Waals surface area contributed by atoms with E-state index < -0.39 is 17.6 Å². The normalized spacial score (nSPS) is 14.4. The molecule has 3 aromatic carbocycles. The van der Waals surface area contributed by atoms with E-state index in [0.717, 1.165) is 64.8 Å². The number of carboxylic acid groups (broad SMARTS) is 1. The Kier molecular flexibility index (Phi) is 13.3. The van der Waals surface area contributed by atoms with Crippen LogP contribution in [-0.4, -0.2) is 73.7 Å². The van der Waals surface area contributed by atoms with Gasteiger partial charge in [0.2, 0.25) is 0 Å². The van der Waals surface area contributed by atoms with Crippen LogP contribution in [-0.2, 0) is 14.3 Å². The van der Waals surface area contributed by atoms with E-state index in [-0.39, 0.29) is 10.0 Å². The minimum atomic E-state index is -0.998. The summed E-state index contributed by atoms with van der Waals surface area (Å²) in [5.41, 5.74) is 5.95. The monoisotopic (exact) mass is 838 g/mol. The van der Waals surface area contributed by atoms with Crippen LogP contribution in [0.5, 0.6) is 0 Å². The molecule has 4 heterocycles. The first-order valence-corrected chi connectivity index (χ1v) is 18.4. The molecule has 0 spiro atoms. The van der Waals surface area contributed by atoms with Crippen molar-refractivity contribution in [1.29, 1.82) is 0 Å². The minimum Gasteiger partial charge on any atom is -0.478 e. The molecule has 7 rings (SSSR count). The Hall–Kier alpha value is -4.79. The molecule has 3 N–H and O–H groups in total. The molecule has 0 saturated carbocycles. The van der Waals surface area contributed by atoms with Crippen molar-refractivity contribution in [2.24, 2.45) is 0 Å². The standard InChI is InChI=1S/C24H21ClFN3O3.C15H14BrClFN3O/c25-20-13-18(5-6-21(20)26)28-23-14-22(29-8-10-32-11-9-29)19(15-27-23)17-3-1-2-16(12-17)4-7-24(30)31;16-11-9-19-15(8-14(11)21-3-5-22-6-4-21)20-10-1-2-13(18)12(17)7-10/h1-7,12-15H,8-11H2,(H,27,28)(H,30,31);1-2,7-9H,3-6H2,(H,19,20)/b7-4+;. The third kappa shape index (κ3) is 10.5. The highest BCUT2D eigenvalue weighted by molar-refractivity contribution is 9.10. The summed E-state index contributed by atoms with van der Waals surface area (Å²) in [6.07, 6.45) is 6.19. The lowest BCUT2D eigenvalue weighted by atomic mass is 10.0. The number of hydrogen-bond acceptors (Lipinski definition) is 9. The van der Waals surface area contributed by atoms with Gasteiger partial charge in [-0.1, -0.05) is 41.4 Å². The lowest BCUT2D eigenvalue weighted by Gasteiger charge is -2.31. The van der Waals surface area contributed by atoms with E-state index in [1.54, 1.807) is 30.6 Å². The van der Waals surface area contributed by atoms with Crippen molar-refractivity contribution in [3.05, 3.63) is 123 Å². The van der Waals surface area contributed by atoms with Crippen molar-refractivity contribution in [2.75, 3.05) is 73.0 Å². The van der Waals surface area contributed by atoms with E-state index in [1.165, 1.54) is 24.3 Å². The predicted molar refractivity (Wildman–Crippen MR) is 214 cm³/mol. The second-order valence-corrected chi connectivity index (χ2v) is 13.8. The first kappa shape index (κ1) is 38.9. The average molecular weight is 841 g/mol. The van der Waals surface area contributed by atoms with Gasteiger partial charge in [-0.25, -0.2) is 23.5 Å². The molecule has 0 atom stereocenters. The van der Waals surface area contributed by atoms with Crippen LogP contribution in [0.3, 0.4) is 0 Å². The number of carboxylic acids is 1. The highest BCUT2D eigenvalue weighted by Gasteiger charge is 2.18. The number of anilines is 6. The Morgan fingerprint density at radius 2 is 1.30 bits per heavy atom. The zero-order valence-corrected chi connectivity index (χ0v) is 31.8. The maximum absolute atomic E-state index is 13.5. The highest BCUT2D eigenvalue weighted by Crippen LogP contribution is 2.35. The van der Waals surface area contributed by atoms with Crippen LogP contribution < -0.4 is 20.4 Å². The van der Waals surface area contributed by atoms with Crippen molar-refractivity contribution in [1.82, 2.24) is 9.97 Å².